The van der Waals surface area contributed by atoms with Gasteiger partial charge in [-0.15, -0.1) is 11.3 Å². The fraction of sp³-hybridized carbons (Fsp3) is 0.333. The Labute approximate surface area is 121 Å². The summed E-state index contributed by atoms with van der Waals surface area (Å²) in [5.41, 5.74) is 2.68. The van der Waals surface area contributed by atoms with Gasteiger partial charge in [0.2, 0.25) is 0 Å². The van der Waals surface area contributed by atoms with E-state index in [1.165, 1.54) is 20.5 Å². The number of hydrogen-bond donors (Lipinski definition) is 1. The lowest BCUT2D eigenvalue weighted by molar-refractivity contribution is 0.552. The molecule has 18 heavy (non-hydrogen) atoms. The highest BCUT2D eigenvalue weighted by atomic mass is 79.9. The van der Waals surface area contributed by atoms with Crippen LogP contribution in [0.25, 0.3) is 0 Å². The van der Waals surface area contributed by atoms with Crippen molar-refractivity contribution in [2.75, 3.05) is 6.54 Å². The van der Waals surface area contributed by atoms with Gasteiger partial charge in [-0.05, 0) is 46.4 Å². The van der Waals surface area contributed by atoms with Crippen LogP contribution in [0.2, 0.25) is 0 Å². The summed E-state index contributed by atoms with van der Waals surface area (Å²) in [6, 6.07) is 11.3. The van der Waals surface area contributed by atoms with E-state index in [0.717, 1.165) is 13.0 Å². The molecule has 0 saturated carbocycles. The number of aryl methyl sites for hydroxylation is 1. The Morgan fingerprint density at radius 1 is 1.22 bits per heavy atom. The van der Waals surface area contributed by atoms with E-state index in [0.29, 0.717) is 6.04 Å². The molecule has 1 N–H and O–H groups in total. The van der Waals surface area contributed by atoms with Gasteiger partial charge in [-0.3, -0.25) is 0 Å². The molecule has 0 radical (unpaired) electrons. The highest BCUT2D eigenvalue weighted by Crippen LogP contribution is 2.28. The van der Waals surface area contributed by atoms with Gasteiger partial charge >= 0.3 is 0 Å². The standard InChI is InChI=1S/C15H18BrNS/c1-3-17-14(10-15-13(16)8-9-18-15)12-6-4-11(2)5-7-12/h4-9,14,17H,3,10H2,1-2H3. The zero-order chi connectivity index (χ0) is 13.0. The van der Waals surface area contributed by atoms with E-state index >= 15 is 0 Å². The third-order valence-corrected chi connectivity index (χ3v) is 4.96. The number of thiophene rings is 1. The number of hydrogen-bond acceptors (Lipinski definition) is 2. The van der Waals surface area contributed by atoms with Gasteiger partial charge in [0.25, 0.3) is 0 Å². The summed E-state index contributed by atoms with van der Waals surface area (Å²) < 4.78 is 1.22. The highest BCUT2D eigenvalue weighted by Gasteiger charge is 2.13. The maximum atomic E-state index is 3.61. The lowest BCUT2D eigenvalue weighted by Gasteiger charge is -2.18. The normalized spacial score (nSPS) is 12.6. The number of rotatable bonds is 5. The molecule has 0 saturated heterocycles. The van der Waals surface area contributed by atoms with Crippen molar-refractivity contribution in [3.05, 3.63) is 56.2 Å². The Bertz CT molecular complexity index is 489. The van der Waals surface area contributed by atoms with Crippen molar-refractivity contribution in [1.82, 2.24) is 5.32 Å². The minimum absolute atomic E-state index is 0.394. The van der Waals surface area contributed by atoms with Crippen molar-refractivity contribution < 1.29 is 0 Å². The van der Waals surface area contributed by atoms with Crippen LogP contribution in [0.15, 0.2) is 40.2 Å². The van der Waals surface area contributed by atoms with Crippen LogP contribution in [-0.2, 0) is 6.42 Å². The van der Waals surface area contributed by atoms with Crippen LogP contribution in [0.5, 0.6) is 0 Å². The molecular formula is C15H18BrNS. The molecule has 1 heterocycles. The second-order valence-electron chi connectivity index (χ2n) is 4.42. The van der Waals surface area contributed by atoms with Gasteiger partial charge < -0.3 is 5.32 Å². The van der Waals surface area contributed by atoms with Gasteiger partial charge in [-0.25, -0.2) is 0 Å². The van der Waals surface area contributed by atoms with E-state index in [1.54, 1.807) is 0 Å². The maximum Gasteiger partial charge on any atom is 0.0369 e. The minimum Gasteiger partial charge on any atom is -0.310 e. The Morgan fingerprint density at radius 2 is 1.94 bits per heavy atom. The molecule has 0 spiro atoms. The monoisotopic (exact) mass is 323 g/mol. The largest absolute Gasteiger partial charge is 0.310 e. The Morgan fingerprint density at radius 3 is 2.50 bits per heavy atom. The van der Waals surface area contributed by atoms with Crippen molar-refractivity contribution in [3.8, 4) is 0 Å². The Kier molecular flexibility index (Phi) is 4.98. The van der Waals surface area contributed by atoms with Crippen LogP contribution in [0.4, 0.5) is 0 Å². The van der Waals surface area contributed by atoms with Crippen molar-refractivity contribution >= 4 is 27.3 Å². The van der Waals surface area contributed by atoms with Crippen LogP contribution in [0, 0.1) is 6.92 Å². The van der Waals surface area contributed by atoms with E-state index < -0.39 is 0 Å². The molecule has 2 aromatic rings. The molecule has 96 valence electrons. The molecule has 0 amide bonds. The fourth-order valence-electron chi connectivity index (χ4n) is 2.01. The molecule has 0 fully saturated rings. The van der Waals surface area contributed by atoms with Crippen LogP contribution >= 0.6 is 27.3 Å². The van der Waals surface area contributed by atoms with Gasteiger partial charge in [-0.2, -0.15) is 0 Å². The van der Waals surface area contributed by atoms with Gasteiger partial charge in [0, 0.05) is 21.8 Å². The van der Waals surface area contributed by atoms with Gasteiger partial charge in [0.05, 0.1) is 0 Å². The third-order valence-electron chi connectivity index (χ3n) is 3.01. The molecular weight excluding hydrogens is 306 g/mol. The van der Waals surface area contributed by atoms with E-state index in [4.69, 9.17) is 0 Å². The molecule has 1 aromatic heterocycles. The van der Waals surface area contributed by atoms with E-state index in [1.807, 2.05) is 11.3 Å². The number of benzene rings is 1. The first-order chi connectivity index (χ1) is 8.70. The second-order valence-corrected chi connectivity index (χ2v) is 6.27. The van der Waals surface area contributed by atoms with Gasteiger partial charge in [0.15, 0.2) is 0 Å². The van der Waals surface area contributed by atoms with Crippen LogP contribution in [-0.4, -0.2) is 6.54 Å². The fourth-order valence-corrected chi connectivity index (χ4v) is 3.57. The summed E-state index contributed by atoms with van der Waals surface area (Å²) in [5.74, 6) is 0. The van der Waals surface area contributed by atoms with Gasteiger partial charge in [0.1, 0.15) is 0 Å². The maximum absolute atomic E-state index is 3.61. The summed E-state index contributed by atoms with van der Waals surface area (Å²) in [6.07, 6.45) is 1.04. The molecule has 1 unspecified atom stereocenters. The molecule has 0 aliphatic rings. The van der Waals surface area contributed by atoms with E-state index in [2.05, 4.69) is 70.8 Å². The lowest BCUT2D eigenvalue weighted by Crippen LogP contribution is -2.22. The lowest BCUT2D eigenvalue weighted by atomic mass is 10.0. The molecule has 0 aliphatic heterocycles. The van der Waals surface area contributed by atoms with Gasteiger partial charge in [-0.1, -0.05) is 36.8 Å². The average molecular weight is 324 g/mol. The smallest absolute Gasteiger partial charge is 0.0369 e. The molecule has 3 heteroatoms. The Balaban J connectivity index is 2.18. The predicted molar refractivity (Wildman–Crippen MR) is 83.3 cm³/mol. The average Bonchev–Trinajstić information content (AvgIpc) is 2.76. The van der Waals surface area contributed by atoms with Crippen LogP contribution < -0.4 is 5.32 Å². The zero-order valence-electron chi connectivity index (χ0n) is 10.7. The first-order valence-electron chi connectivity index (χ1n) is 6.22. The minimum atomic E-state index is 0.394. The van der Waals surface area contributed by atoms with Crippen molar-refractivity contribution in [2.45, 2.75) is 26.3 Å². The third kappa shape index (κ3) is 3.44. The summed E-state index contributed by atoms with van der Waals surface area (Å²) in [6.45, 7) is 5.27. The first-order valence-corrected chi connectivity index (χ1v) is 7.89. The van der Waals surface area contributed by atoms with Crippen molar-refractivity contribution in [1.29, 1.82) is 0 Å². The van der Waals surface area contributed by atoms with E-state index in [9.17, 15) is 0 Å². The summed E-state index contributed by atoms with van der Waals surface area (Å²) in [5, 5.41) is 5.71. The molecule has 1 nitrogen and oxygen atoms in total. The van der Waals surface area contributed by atoms with Crippen molar-refractivity contribution in [3.63, 3.8) is 0 Å². The predicted octanol–water partition coefficient (Wildman–Crippen LogP) is 4.71. The topological polar surface area (TPSA) is 12.0 Å². The molecule has 0 bridgehead atoms. The molecule has 2 rings (SSSR count). The van der Waals surface area contributed by atoms with Crippen LogP contribution in [0.1, 0.15) is 29.0 Å². The molecule has 1 atom stereocenters. The summed E-state index contributed by atoms with van der Waals surface area (Å²) >= 11 is 5.43. The van der Waals surface area contributed by atoms with Crippen LogP contribution in [0.3, 0.4) is 0 Å². The van der Waals surface area contributed by atoms with Crippen molar-refractivity contribution in [2.24, 2.45) is 0 Å². The quantitative estimate of drug-likeness (QED) is 0.840. The number of likely N-dealkylation sites (N-methyl/N-ethyl adjacent to an activating group) is 1. The SMILES string of the molecule is CCNC(Cc1sccc1Br)c1ccc(C)cc1. The number of halogens is 1. The number of nitrogens with one attached hydrogen (secondary N) is 1. The molecule has 0 aliphatic carbocycles. The first kappa shape index (κ1) is 13.8. The second kappa shape index (κ2) is 6.50. The summed E-state index contributed by atoms with van der Waals surface area (Å²) in [4.78, 5) is 1.40. The Hall–Kier alpha value is -0.640. The van der Waals surface area contributed by atoms with E-state index in [-0.39, 0.29) is 0 Å². The summed E-state index contributed by atoms with van der Waals surface area (Å²) in [7, 11) is 0. The highest BCUT2D eigenvalue weighted by molar-refractivity contribution is 9.10. The zero-order valence-corrected chi connectivity index (χ0v) is 13.1. The molecule has 1 aromatic carbocycles.